The molecular formula is C15H19NO3. The molecule has 0 aliphatic rings. The van der Waals surface area contributed by atoms with Crippen molar-refractivity contribution in [2.24, 2.45) is 0 Å². The van der Waals surface area contributed by atoms with E-state index in [9.17, 15) is 14.7 Å². The first-order valence-electron chi connectivity index (χ1n) is 6.09. The second-order valence-corrected chi connectivity index (χ2v) is 4.75. The Hall–Kier alpha value is -2.10. The maximum Gasteiger partial charge on any atom is 0.336 e. The third-order valence-electron chi connectivity index (χ3n) is 2.84. The summed E-state index contributed by atoms with van der Waals surface area (Å²) >= 11 is 0. The smallest absolute Gasteiger partial charge is 0.336 e. The van der Waals surface area contributed by atoms with Gasteiger partial charge in [0.15, 0.2) is 0 Å². The zero-order valence-corrected chi connectivity index (χ0v) is 11.7. The largest absolute Gasteiger partial charge is 0.478 e. The van der Waals surface area contributed by atoms with Gasteiger partial charge in [0.1, 0.15) is 0 Å². The van der Waals surface area contributed by atoms with Gasteiger partial charge in [0.25, 0.3) is 5.91 Å². The van der Waals surface area contributed by atoms with E-state index < -0.39 is 5.97 Å². The summed E-state index contributed by atoms with van der Waals surface area (Å²) in [6, 6.07) is 3.48. The monoisotopic (exact) mass is 261 g/mol. The van der Waals surface area contributed by atoms with E-state index in [1.165, 1.54) is 0 Å². The van der Waals surface area contributed by atoms with Crippen LogP contribution in [0.1, 0.15) is 45.7 Å². The van der Waals surface area contributed by atoms with E-state index in [1.807, 2.05) is 19.9 Å². The van der Waals surface area contributed by atoms with Gasteiger partial charge in [-0.3, -0.25) is 4.79 Å². The van der Waals surface area contributed by atoms with Crippen molar-refractivity contribution in [2.75, 3.05) is 6.54 Å². The molecule has 0 aliphatic heterocycles. The molecule has 1 aromatic rings. The third-order valence-corrected chi connectivity index (χ3v) is 2.84. The molecule has 0 atom stereocenters. The predicted octanol–water partition coefficient (Wildman–Crippen LogP) is 2.70. The van der Waals surface area contributed by atoms with Gasteiger partial charge >= 0.3 is 5.97 Å². The molecule has 0 fully saturated rings. The summed E-state index contributed by atoms with van der Waals surface area (Å²) < 4.78 is 0. The number of hydrogen-bond acceptors (Lipinski definition) is 2. The summed E-state index contributed by atoms with van der Waals surface area (Å²) in [6.45, 7) is 7.70. The summed E-state index contributed by atoms with van der Waals surface area (Å²) in [5.41, 5.74) is 2.67. The highest BCUT2D eigenvalue weighted by atomic mass is 16.4. The minimum Gasteiger partial charge on any atom is -0.478 e. The number of allylic oxidation sites excluding steroid dienone is 1. The van der Waals surface area contributed by atoms with Crippen LogP contribution in [0.3, 0.4) is 0 Å². The molecule has 0 radical (unpaired) electrons. The van der Waals surface area contributed by atoms with Crippen molar-refractivity contribution in [1.82, 2.24) is 5.32 Å². The molecule has 102 valence electrons. The number of aromatic carboxylic acids is 1. The van der Waals surface area contributed by atoms with Crippen LogP contribution in [0.2, 0.25) is 0 Å². The predicted molar refractivity (Wildman–Crippen MR) is 74.6 cm³/mol. The lowest BCUT2D eigenvalue weighted by molar-refractivity contribution is 0.0690. The fraction of sp³-hybridized carbons (Fsp3) is 0.333. The van der Waals surface area contributed by atoms with Crippen LogP contribution >= 0.6 is 0 Å². The Morgan fingerprint density at radius 2 is 1.68 bits per heavy atom. The Labute approximate surface area is 113 Å². The lowest BCUT2D eigenvalue weighted by Crippen LogP contribution is -2.27. The molecule has 0 heterocycles. The lowest BCUT2D eigenvalue weighted by Gasteiger charge is -2.12. The van der Waals surface area contributed by atoms with E-state index in [-0.39, 0.29) is 17.0 Å². The molecule has 1 rings (SSSR count). The molecule has 0 bridgehead atoms. The number of aryl methyl sites for hydroxylation is 2. The average molecular weight is 261 g/mol. The van der Waals surface area contributed by atoms with E-state index in [0.29, 0.717) is 17.7 Å². The van der Waals surface area contributed by atoms with Gasteiger partial charge in [-0.05, 0) is 38.8 Å². The first-order valence-corrected chi connectivity index (χ1v) is 6.09. The molecule has 4 nitrogen and oxygen atoms in total. The van der Waals surface area contributed by atoms with Gasteiger partial charge < -0.3 is 10.4 Å². The third kappa shape index (κ3) is 3.68. The summed E-state index contributed by atoms with van der Waals surface area (Å²) in [7, 11) is 0. The Morgan fingerprint density at radius 1 is 1.16 bits per heavy atom. The molecule has 4 heteroatoms. The number of rotatable bonds is 4. The van der Waals surface area contributed by atoms with Crippen LogP contribution in [-0.4, -0.2) is 23.5 Å². The van der Waals surface area contributed by atoms with Crippen LogP contribution in [0.5, 0.6) is 0 Å². The molecular weight excluding hydrogens is 242 g/mol. The van der Waals surface area contributed by atoms with Gasteiger partial charge in [-0.25, -0.2) is 4.79 Å². The molecule has 0 spiro atoms. The highest BCUT2D eigenvalue weighted by molar-refractivity contribution is 6.06. The minimum absolute atomic E-state index is 0.0784. The highest BCUT2D eigenvalue weighted by Gasteiger charge is 2.20. The second kappa shape index (κ2) is 6.18. The summed E-state index contributed by atoms with van der Waals surface area (Å²) in [5.74, 6) is -1.43. The van der Waals surface area contributed by atoms with Crippen molar-refractivity contribution < 1.29 is 14.7 Å². The number of nitrogens with one attached hydrogen (secondary N) is 1. The Bertz CT molecular complexity index is 541. The van der Waals surface area contributed by atoms with Crippen molar-refractivity contribution in [3.63, 3.8) is 0 Å². The first-order chi connectivity index (χ1) is 8.84. The number of hydrogen-bond donors (Lipinski definition) is 2. The Balaban J connectivity index is 3.12. The van der Waals surface area contributed by atoms with Crippen LogP contribution in [-0.2, 0) is 0 Å². The van der Waals surface area contributed by atoms with E-state index in [2.05, 4.69) is 5.32 Å². The number of carbonyl (C=O) groups is 2. The van der Waals surface area contributed by atoms with Crippen LogP contribution in [0.25, 0.3) is 0 Å². The van der Waals surface area contributed by atoms with Gasteiger partial charge in [-0.1, -0.05) is 23.8 Å². The van der Waals surface area contributed by atoms with E-state index in [0.717, 1.165) is 5.57 Å². The average Bonchev–Trinajstić information content (AvgIpc) is 2.30. The quantitative estimate of drug-likeness (QED) is 0.819. The lowest BCUT2D eigenvalue weighted by atomic mass is 9.96. The topological polar surface area (TPSA) is 66.4 Å². The summed E-state index contributed by atoms with van der Waals surface area (Å²) in [4.78, 5) is 23.4. The number of carboxylic acids is 1. The zero-order chi connectivity index (χ0) is 14.6. The summed E-state index contributed by atoms with van der Waals surface area (Å²) in [5, 5.41) is 12.0. The van der Waals surface area contributed by atoms with Crippen LogP contribution < -0.4 is 5.32 Å². The van der Waals surface area contributed by atoms with Gasteiger partial charge in [0, 0.05) is 6.54 Å². The maximum absolute atomic E-state index is 12.1. The van der Waals surface area contributed by atoms with E-state index >= 15 is 0 Å². The van der Waals surface area contributed by atoms with Gasteiger partial charge in [-0.15, -0.1) is 0 Å². The molecule has 0 saturated heterocycles. The van der Waals surface area contributed by atoms with E-state index in [4.69, 9.17) is 0 Å². The minimum atomic E-state index is -1.08. The molecule has 0 aromatic heterocycles. The van der Waals surface area contributed by atoms with Crippen LogP contribution in [0, 0.1) is 13.8 Å². The van der Waals surface area contributed by atoms with Gasteiger partial charge in [0.2, 0.25) is 0 Å². The number of amides is 1. The summed E-state index contributed by atoms with van der Waals surface area (Å²) in [6.07, 6.45) is 1.88. The maximum atomic E-state index is 12.1. The molecule has 19 heavy (non-hydrogen) atoms. The molecule has 1 aromatic carbocycles. The second-order valence-electron chi connectivity index (χ2n) is 4.75. The van der Waals surface area contributed by atoms with E-state index in [1.54, 1.807) is 26.0 Å². The molecule has 2 N–H and O–H groups in total. The fourth-order valence-electron chi connectivity index (χ4n) is 1.82. The molecule has 0 saturated carbocycles. The Kier molecular flexibility index (Phi) is 4.87. The zero-order valence-electron chi connectivity index (χ0n) is 11.7. The fourth-order valence-corrected chi connectivity index (χ4v) is 1.82. The SMILES string of the molecule is CC(C)=CCNC(=O)c1c(C)ccc(C)c1C(=O)O. The normalized spacial score (nSPS) is 9.89. The molecule has 1 amide bonds. The van der Waals surface area contributed by atoms with Crippen molar-refractivity contribution in [3.8, 4) is 0 Å². The van der Waals surface area contributed by atoms with Gasteiger partial charge in [0.05, 0.1) is 11.1 Å². The first kappa shape index (κ1) is 15.0. The van der Waals surface area contributed by atoms with Crippen molar-refractivity contribution in [1.29, 1.82) is 0 Å². The van der Waals surface area contributed by atoms with Crippen LogP contribution in [0.15, 0.2) is 23.8 Å². The Morgan fingerprint density at radius 3 is 2.16 bits per heavy atom. The van der Waals surface area contributed by atoms with Crippen molar-refractivity contribution in [2.45, 2.75) is 27.7 Å². The number of carbonyl (C=O) groups excluding carboxylic acids is 1. The van der Waals surface area contributed by atoms with Crippen molar-refractivity contribution >= 4 is 11.9 Å². The standard InChI is InChI=1S/C15H19NO3/c1-9(2)7-8-16-14(17)12-10(3)5-6-11(4)13(12)15(18)19/h5-7H,8H2,1-4H3,(H,16,17)(H,18,19). The molecule has 0 unspecified atom stereocenters. The molecule has 0 aliphatic carbocycles. The van der Waals surface area contributed by atoms with Gasteiger partial charge in [-0.2, -0.15) is 0 Å². The van der Waals surface area contributed by atoms with Crippen molar-refractivity contribution in [3.05, 3.63) is 46.0 Å². The number of carboxylic acid groups (broad SMARTS) is 1. The van der Waals surface area contributed by atoms with Crippen LogP contribution in [0.4, 0.5) is 0 Å². The number of benzene rings is 1. The highest BCUT2D eigenvalue weighted by Crippen LogP contribution is 2.18.